The van der Waals surface area contributed by atoms with Gasteiger partial charge in [-0.1, -0.05) is 12.1 Å². The molecule has 2 atom stereocenters. The van der Waals surface area contributed by atoms with Crippen molar-refractivity contribution >= 4 is 30.7 Å². The van der Waals surface area contributed by atoms with Gasteiger partial charge in [0.1, 0.15) is 5.82 Å². The van der Waals surface area contributed by atoms with Gasteiger partial charge in [-0.3, -0.25) is 4.79 Å². The number of aromatic nitrogens is 1. The second-order valence-electron chi connectivity index (χ2n) is 6.61. The zero-order chi connectivity index (χ0) is 17.8. The van der Waals surface area contributed by atoms with Crippen LogP contribution in [0.2, 0.25) is 0 Å². The number of oxazole rings is 1. The molecule has 27 heavy (non-hydrogen) atoms. The number of hydrogen-bond acceptors (Lipinski definition) is 4. The summed E-state index contributed by atoms with van der Waals surface area (Å²) in [7, 11) is 0. The van der Waals surface area contributed by atoms with E-state index in [1.807, 2.05) is 11.8 Å². The van der Waals surface area contributed by atoms with Gasteiger partial charge >= 0.3 is 0 Å². The first kappa shape index (κ1) is 23.4. The molecule has 1 amide bonds. The topological polar surface area (TPSA) is 72.4 Å². The molecule has 150 valence electrons. The fraction of sp³-hybridized carbons (Fsp3) is 0.474. The molecule has 2 heterocycles. The minimum atomic E-state index is -0.352. The second kappa shape index (κ2) is 10.6. The highest BCUT2D eigenvalue weighted by molar-refractivity contribution is 5.85. The number of nitrogens with zero attached hydrogens (tertiary/aromatic N) is 2. The summed E-state index contributed by atoms with van der Waals surface area (Å²) in [4.78, 5) is 18.6. The highest BCUT2D eigenvalue weighted by Gasteiger charge is 2.29. The maximum atomic E-state index is 13.8. The van der Waals surface area contributed by atoms with Crippen LogP contribution in [0.4, 0.5) is 4.39 Å². The molecule has 0 bridgehead atoms. The van der Waals surface area contributed by atoms with Crippen LogP contribution in [0.25, 0.3) is 11.3 Å². The molecule has 5 nitrogen and oxygen atoms in total. The van der Waals surface area contributed by atoms with Gasteiger partial charge in [0.15, 0.2) is 11.7 Å². The number of nitrogens with two attached hydrogens (primary N) is 1. The number of piperidine rings is 1. The molecule has 1 aliphatic rings. The van der Waals surface area contributed by atoms with E-state index in [0.29, 0.717) is 30.1 Å². The monoisotopic (exact) mass is 417 g/mol. The Bertz CT molecular complexity index is 739. The van der Waals surface area contributed by atoms with E-state index in [0.717, 1.165) is 25.8 Å². The first-order valence-corrected chi connectivity index (χ1v) is 8.81. The highest BCUT2D eigenvalue weighted by atomic mass is 35.5. The van der Waals surface area contributed by atoms with Crippen LogP contribution in [-0.4, -0.2) is 34.4 Å². The third kappa shape index (κ3) is 5.67. The molecule has 0 spiro atoms. The SMILES string of the molecule is CC(N)C1CCCCN1C(=O)CCc1ncc(-c2ccccc2F)o1.Cl.Cl. The van der Waals surface area contributed by atoms with Crippen molar-refractivity contribution in [2.24, 2.45) is 5.73 Å². The fourth-order valence-electron chi connectivity index (χ4n) is 3.38. The van der Waals surface area contributed by atoms with Crippen molar-refractivity contribution in [2.45, 2.75) is 51.1 Å². The molecule has 0 aliphatic carbocycles. The van der Waals surface area contributed by atoms with Crippen LogP contribution in [0.15, 0.2) is 34.9 Å². The van der Waals surface area contributed by atoms with E-state index in [4.69, 9.17) is 10.2 Å². The van der Waals surface area contributed by atoms with Crippen molar-refractivity contribution in [1.82, 2.24) is 9.88 Å². The summed E-state index contributed by atoms with van der Waals surface area (Å²) < 4.78 is 19.4. The number of aryl methyl sites for hydroxylation is 1. The lowest BCUT2D eigenvalue weighted by Gasteiger charge is -2.38. The Morgan fingerprint density at radius 2 is 2.11 bits per heavy atom. The van der Waals surface area contributed by atoms with Crippen LogP contribution in [-0.2, 0) is 11.2 Å². The Labute approximate surface area is 171 Å². The molecular formula is C19H26Cl2FN3O2. The third-order valence-electron chi connectivity index (χ3n) is 4.72. The molecule has 1 fully saturated rings. The van der Waals surface area contributed by atoms with E-state index >= 15 is 0 Å². The lowest BCUT2D eigenvalue weighted by Crippen LogP contribution is -2.51. The predicted octanol–water partition coefficient (Wildman–Crippen LogP) is 3.99. The largest absolute Gasteiger partial charge is 0.441 e. The van der Waals surface area contributed by atoms with Crippen molar-refractivity contribution in [3.63, 3.8) is 0 Å². The molecule has 1 aromatic carbocycles. The van der Waals surface area contributed by atoms with E-state index in [2.05, 4.69) is 4.98 Å². The predicted molar refractivity (Wildman–Crippen MR) is 108 cm³/mol. The van der Waals surface area contributed by atoms with E-state index in [1.165, 1.54) is 12.3 Å². The molecule has 3 rings (SSSR count). The zero-order valence-electron chi connectivity index (χ0n) is 15.3. The maximum absolute atomic E-state index is 13.8. The minimum absolute atomic E-state index is 0. The Balaban J connectivity index is 0.00000182. The van der Waals surface area contributed by atoms with Crippen LogP contribution in [0.1, 0.15) is 38.5 Å². The Morgan fingerprint density at radius 3 is 2.81 bits per heavy atom. The van der Waals surface area contributed by atoms with Crippen molar-refractivity contribution in [3.05, 3.63) is 42.2 Å². The molecule has 2 unspecified atom stereocenters. The van der Waals surface area contributed by atoms with Gasteiger partial charge in [0, 0.05) is 31.5 Å². The van der Waals surface area contributed by atoms with Crippen LogP contribution in [0, 0.1) is 5.82 Å². The Morgan fingerprint density at radius 1 is 1.37 bits per heavy atom. The quantitative estimate of drug-likeness (QED) is 0.797. The van der Waals surface area contributed by atoms with Gasteiger partial charge < -0.3 is 15.1 Å². The number of halogens is 3. The van der Waals surface area contributed by atoms with Crippen LogP contribution >= 0.6 is 24.8 Å². The average molecular weight is 418 g/mol. The second-order valence-corrected chi connectivity index (χ2v) is 6.61. The van der Waals surface area contributed by atoms with Gasteiger partial charge in [-0.05, 0) is 38.3 Å². The van der Waals surface area contributed by atoms with Crippen molar-refractivity contribution in [1.29, 1.82) is 0 Å². The van der Waals surface area contributed by atoms with Crippen molar-refractivity contribution in [2.75, 3.05) is 6.54 Å². The van der Waals surface area contributed by atoms with E-state index in [1.54, 1.807) is 18.2 Å². The Hall–Kier alpha value is -1.63. The van der Waals surface area contributed by atoms with Gasteiger partial charge in [0.25, 0.3) is 0 Å². The number of benzene rings is 1. The van der Waals surface area contributed by atoms with Gasteiger partial charge in [-0.15, -0.1) is 24.8 Å². The summed E-state index contributed by atoms with van der Waals surface area (Å²) in [5, 5.41) is 0. The van der Waals surface area contributed by atoms with Gasteiger partial charge in [0.05, 0.1) is 11.8 Å². The zero-order valence-corrected chi connectivity index (χ0v) is 16.9. The van der Waals surface area contributed by atoms with Crippen molar-refractivity contribution < 1.29 is 13.6 Å². The summed E-state index contributed by atoms with van der Waals surface area (Å²) in [5.41, 5.74) is 6.40. The fourth-order valence-corrected chi connectivity index (χ4v) is 3.38. The minimum Gasteiger partial charge on any atom is -0.441 e. The average Bonchev–Trinajstić information content (AvgIpc) is 3.08. The lowest BCUT2D eigenvalue weighted by atomic mass is 9.96. The molecule has 1 saturated heterocycles. The number of rotatable bonds is 5. The standard InChI is InChI=1S/C19H24FN3O2.2ClH/c1-13(21)16-8-4-5-11-23(16)19(24)10-9-18-22-12-17(25-18)14-6-2-3-7-15(14)20;;/h2-3,6-7,12-13,16H,4-5,8-11,21H2,1H3;2*1H. The van der Waals surface area contributed by atoms with Gasteiger partial charge in [-0.2, -0.15) is 0 Å². The molecule has 0 saturated carbocycles. The van der Waals surface area contributed by atoms with Crippen LogP contribution in [0.3, 0.4) is 0 Å². The number of carbonyl (C=O) groups excluding carboxylic acids is 1. The molecule has 0 radical (unpaired) electrons. The van der Waals surface area contributed by atoms with Gasteiger partial charge in [-0.25, -0.2) is 9.37 Å². The number of carbonyl (C=O) groups is 1. The number of hydrogen-bond donors (Lipinski definition) is 1. The number of amides is 1. The normalized spacial score (nSPS) is 17.6. The lowest BCUT2D eigenvalue weighted by molar-refractivity contribution is -0.135. The summed E-state index contributed by atoms with van der Waals surface area (Å²) in [6.07, 6.45) is 5.31. The molecule has 1 aromatic heterocycles. The molecule has 1 aliphatic heterocycles. The van der Waals surface area contributed by atoms with Gasteiger partial charge in [0.2, 0.25) is 5.91 Å². The maximum Gasteiger partial charge on any atom is 0.223 e. The van der Waals surface area contributed by atoms with E-state index in [9.17, 15) is 9.18 Å². The van der Waals surface area contributed by atoms with Crippen LogP contribution in [0.5, 0.6) is 0 Å². The summed E-state index contributed by atoms with van der Waals surface area (Å²) in [6.45, 7) is 2.71. The van der Waals surface area contributed by atoms with Crippen LogP contribution < -0.4 is 5.73 Å². The number of likely N-dealkylation sites (tertiary alicyclic amines) is 1. The first-order valence-electron chi connectivity index (χ1n) is 8.81. The molecule has 2 aromatic rings. The molecule has 2 N–H and O–H groups in total. The smallest absolute Gasteiger partial charge is 0.223 e. The third-order valence-corrected chi connectivity index (χ3v) is 4.72. The molecular weight excluding hydrogens is 392 g/mol. The van der Waals surface area contributed by atoms with Crippen molar-refractivity contribution in [3.8, 4) is 11.3 Å². The van der Waals surface area contributed by atoms with E-state index < -0.39 is 0 Å². The Kier molecular flexibility index (Phi) is 9.22. The van der Waals surface area contributed by atoms with E-state index in [-0.39, 0.29) is 48.6 Å². The highest BCUT2D eigenvalue weighted by Crippen LogP contribution is 2.24. The first-order chi connectivity index (χ1) is 12.1. The summed E-state index contributed by atoms with van der Waals surface area (Å²) in [5.74, 6) is 0.551. The molecule has 8 heteroatoms. The summed E-state index contributed by atoms with van der Waals surface area (Å²) >= 11 is 0. The summed E-state index contributed by atoms with van der Waals surface area (Å²) in [6, 6.07) is 6.48.